The van der Waals surface area contributed by atoms with E-state index >= 15 is 0 Å². The summed E-state index contributed by atoms with van der Waals surface area (Å²) in [5.41, 5.74) is 21.0. The summed E-state index contributed by atoms with van der Waals surface area (Å²) in [6.07, 6.45) is 16.0. The molecule has 3 aliphatic carbocycles. The molecule has 8 aromatic carbocycles. The van der Waals surface area contributed by atoms with E-state index in [4.69, 9.17) is 0 Å². The van der Waals surface area contributed by atoms with Gasteiger partial charge in [-0.3, -0.25) is 0 Å². The molecule has 0 radical (unpaired) electrons. The monoisotopic (exact) mass is 836 g/mol. The summed E-state index contributed by atoms with van der Waals surface area (Å²) in [5, 5.41) is 2.49. The highest BCUT2D eigenvalue weighted by Gasteiger charge is 2.47. The van der Waals surface area contributed by atoms with Gasteiger partial charge in [0.05, 0.1) is 22.6 Å². The van der Waals surface area contributed by atoms with E-state index < -0.39 is 0 Å². The first kappa shape index (κ1) is 39.2. The van der Waals surface area contributed by atoms with Crippen molar-refractivity contribution in [2.75, 3.05) is 9.80 Å². The van der Waals surface area contributed by atoms with Crippen LogP contribution in [0.25, 0.3) is 55.3 Å². The zero-order valence-electron chi connectivity index (χ0n) is 37.6. The molecule has 1 aliphatic heterocycles. The van der Waals surface area contributed by atoms with Gasteiger partial charge < -0.3 is 9.80 Å². The molecule has 2 nitrogen and oxygen atoms in total. The Hall–Kier alpha value is -7.42. The predicted molar refractivity (Wildman–Crippen MR) is 277 cm³/mol. The molecule has 8 aromatic rings. The lowest BCUT2D eigenvalue weighted by molar-refractivity contribution is 0.605. The summed E-state index contributed by atoms with van der Waals surface area (Å²) in [4.78, 5) is 5.18. The largest absolute Gasteiger partial charge is 0.330 e. The second-order valence-electron chi connectivity index (χ2n) is 19.1. The zero-order valence-corrected chi connectivity index (χ0v) is 37.6. The standard InChI is InChI=1S/C63H52N2/c1-42-17-16-20-47(39-42)45-30-28-43(29-31-45)44-32-34-48(35-33-44)64(58-27-13-11-21-50(58)46-18-6-5-7-19-46)59-41-60-61(54-24-9-8-23-53(54)59)56-26-14-15-38-63(56,4)65(60)49-36-37-52-51-22-10-12-25-55(51)62(2,3)57(52)40-49/h5-16,18-37,39-42H,17,38H2,1-4H3. The summed E-state index contributed by atoms with van der Waals surface area (Å²) in [7, 11) is 0. The van der Waals surface area contributed by atoms with E-state index in [1.165, 1.54) is 88.9 Å². The highest BCUT2D eigenvalue weighted by Crippen LogP contribution is 2.60. The van der Waals surface area contributed by atoms with Crippen molar-refractivity contribution in [3.05, 3.63) is 235 Å². The average Bonchev–Trinajstić information content (AvgIpc) is 3.75. The minimum Gasteiger partial charge on any atom is -0.330 e. The number of benzene rings is 8. The second-order valence-corrected chi connectivity index (χ2v) is 19.1. The van der Waals surface area contributed by atoms with Gasteiger partial charge in [0.15, 0.2) is 0 Å². The van der Waals surface area contributed by atoms with E-state index in [0.29, 0.717) is 5.92 Å². The molecule has 0 amide bonds. The van der Waals surface area contributed by atoms with Crippen molar-refractivity contribution >= 4 is 50.4 Å². The number of allylic oxidation sites excluding steroid dienone is 6. The summed E-state index contributed by atoms with van der Waals surface area (Å²) < 4.78 is 0. The van der Waals surface area contributed by atoms with Crippen LogP contribution in [0.15, 0.2) is 212 Å². The number of anilines is 5. The normalized spacial score (nSPS) is 18.7. The third-order valence-corrected chi connectivity index (χ3v) is 14.7. The van der Waals surface area contributed by atoms with Crippen LogP contribution >= 0.6 is 0 Å². The molecule has 0 fully saturated rings. The average molecular weight is 837 g/mol. The molecular weight excluding hydrogens is 785 g/mol. The lowest BCUT2D eigenvalue weighted by Crippen LogP contribution is -2.40. The van der Waals surface area contributed by atoms with E-state index in [1.807, 2.05) is 0 Å². The molecule has 2 heteroatoms. The Morgan fingerprint density at radius 3 is 2.00 bits per heavy atom. The number of fused-ring (bicyclic) bond motifs is 8. The number of para-hydroxylation sites is 1. The van der Waals surface area contributed by atoms with Crippen molar-refractivity contribution in [2.24, 2.45) is 5.92 Å². The molecule has 4 aliphatic rings. The molecule has 0 bridgehead atoms. The fraction of sp³-hybridized carbons (Fsp3) is 0.143. The second kappa shape index (κ2) is 15.1. The first-order chi connectivity index (χ1) is 31.8. The third-order valence-electron chi connectivity index (χ3n) is 14.7. The molecule has 314 valence electrons. The van der Waals surface area contributed by atoms with Crippen molar-refractivity contribution < 1.29 is 0 Å². The van der Waals surface area contributed by atoms with Crippen LogP contribution in [0, 0.1) is 5.92 Å². The zero-order chi connectivity index (χ0) is 43.9. The molecule has 2 atom stereocenters. The third kappa shape index (κ3) is 6.22. The van der Waals surface area contributed by atoms with Crippen LogP contribution in [-0.2, 0) is 5.41 Å². The highest BCUT2D eigenvalue weighted by molar-refractivity contribution is 6.14. The van der Waals surface area contributed by atoms with Gasteiger partial charge >= 0.3 is 0 Å². The summed E-state index contributed by atoms with van der Waals surface area (Å²) in [6.45, 7) is 9.51. The molecule has 1 heterocycles. The van der Waals surface area contributed by atoms with E-state index in [1.54, 1.807) is 0 Å². The van der Waals surface area contributed by atoms with E-state index in [-0.39, 0.29) is 11.0 Å². The van der Waals surface area contributed by atoms with Gasteiger partial charge in [-0.1, -0.05) is 197 Å². The van der Waals surface area contributed by atoms with Crippen LogP contribution in [0.2, 0.25) is 0 Å². The summed E-state index contributed by atoms with van der Waals surface area (Å²) >= 11 is 0. The quantitative estimate of drug-likeness (QED) is 0.158. The van der Waals surface area contributed by atoms with Gasteiger partial charge in [-0.15, -0.1) is 0 Å². The Morgan fingerprint density at radius 1 is 0.554 bits per heavy atom. The molecule has 65 heavy (non-hydrogen) atoms. The van der Waals surface area contributed by atoms with E-state index in [2.05, 4.69) is 250 Å². The molecular formula is C63H52N2. The Morgan fingerprint density at radius 2 is 1.22 bits per heavy atom. The van der Waals surface area contributed by atoms with Gasteiger partial charge in [-0.25, -0.2) is 0 Å². The SMILES string of the molecule is CC1C=C(c2ccc(-c3ccc(N(c4ccccc4-c4ccccc4)c4cc5c(c6ccccc46)C4=CC=CCC4(C)N5c4ccc5c(c4)C(C)(C)c4ccccc4-5)cc3)cc2)C=CC1. The maximum Gasteiger partial charge on any atom is 0.0715 e. The van der Waals surface area contributed by atoms with Crippen LogP contribution in [0.1, 0.15) is 62.8 Å². The topological polar surface area (TPSA) is 6.48 Å². The molecule has 12 rings (SSSR count). The van der Waals surface area contributed by atoms with E-state index in [0.717, 1.165) is 29.9 Å². The van der Waals surface area contributed by atoms with Crippen LogP contribution < -0.4 is 9.80 Å². The molecule has 0 spiro atoms. The fourth-order valence-corrected chi connectivity index (χ4v) is 11.5. The maximum atomic E-state index is 2.67. The smallest absolute Gasteiger partial charge is 0.0715 e. The summed E-state index contributed by atoms with van der Waals surface area (Å²) in [6, 6.07) is 65.8. The van der Waals surface area contributed by atoms with Gasteiger partial charge in [0, 0.05) is 33.3 Å². The number of hydrogen-bond acceptors (Lipinski definition) is 2. The minimum atomic E-state index is -0.283. The Balaban J connectivity index is 1.05. The van der Waals surface area contributed by atoms with Crippen molar-refractivity contribution in [1.29, 1.82) is 0 Å². The fourth-order valence-electron chi connectivity index (χ4n) is 11.5. The number of hydrogen-bond donors (Lipinski definition) is 0. The predicted octanol–water partition coefficient (Wildman–Crippen LogP) is 17.2. The van der Waals surface area contributed by atoms with Gasteiger partial charge in [0.1, 0.15) is 0 Å². The van der Waals surface area contributed by atoms with Crippen LogP contribution in [-0.4, -0.2) is 5.54 Å². The number of rotatable bonds is 7. The van der Waals surface area contributed by atoms with Crippen molar-refractivity contribution in [3.8, 4) is 33.4 Å². The van der Waals surface area contributed by atoms with Crippen LogP contribution in [0.3, 0.4) is 0 Å². The number of nitrogens with zero attached hydrogens (tertiary/aromatic N) is 2. The molecule has 2 unspecified atom stereocenters. The van der Waals surface area contributed by atoms with Gasteiger partial charge in [0.2, 0.25) is 0 Å². The Bertz CT molecular complexity index is 3310. The van der Waals surface area contributed by atoms with Gasteiger partial charge in [-0.2, -0.15) is 0 Å². The first-order valence-corrected chi connectivity index (χ1v) is 23.3. The van der Waals surface area contributed by atoms with Gasteiger partial charge in [-0.05, 0) is 123 Å². The molecule has 0 saturated carbocycles. The van der Waals surface area contributed by atoms with Gasteiger partial charge in [0.25, 0.3) is 0 Å². The maximum absolute atomic E-state index is 2.67. The molecule has 0 saturated heterocycles. The van der Waals surface area contributed by atoms with E-state index in [9.17, 15) is 0 Å². The lowest BCUT2D eigenvalue weighted by atomic mass is 9.81. The first-order valence-electron chi connectivity index (χ1n) is 23.3. The van der Waals surface area contributed by atoms with Crippen LogP contribution in [0.4, 0.5) is 28.4 Å². The van der Waals surface area contributed by atoms with Crippen molar-refractivity contribution in [3.63, 3.8) is 0 Å². The molecule has 0 N–H and O–H groups in total. The van der Waals surface area contributed by atoms with Crippen molar-refractivity contribution in [1.82, 2.24) is 0 Å². The summed E-state index contributed by atoms with van der Waals surface area (Å²) in [5.74, 6) is 0.564. The highest BCUT2D eigenvalue weighted by atomic mass is 15.2. The Labute approximate surface area is 383 Å². The Kier molecular flexibility index (Phi) is 9.11. The van der Waals surface area contributed by atoms with Crippen LogP contribution in [0.5, 0.6) is 0 Å². The lowest BCUT2D eigenvalue weighted by Gasteiger charge is -2.39. The van der Waals surface area contributed by atoms with Crippen molar-refractivity contribution in [2.45, 2.75) is 51.5 Å². The molecule has 0 aromatic heterocycles. The minimum absolute atomic E-state index is 0.111.